The second-order valence-electron chi connectivity index (χ2n) is 2.05. The molecular weight excluding hydrogens is 149 g/mol. The van der Waals surface area contributed by atoms with Crippen molar-refractivity contribution in [3.8, 4) is 0 Å². The fourth-order valence-corrected chi connectivity index (χ4v) is 0.710. The van der Waals surface area contributed by atoms with E-state index in [1.165, 1.54) is 20.3 Å². The molecule has 60 valence electrons. The number of amides is 1. The molecule has 11 heavy (non-hydrogen) atoms. The SMILES string of the molecule is CNC(=O)c1cnn(C)c1F. The van der Waals surface area contributed by atoms with Crippen molar-refractivity contribution in [2.24, 2.45) is 7.05 Å². The molecule has 0 aliphatic rings. The lowest BCUT2D eigenvalue weighted by Gasteiger charge is -1.94. The van der Waals surface area contributed by atoms with E-state index in [9.17, 15) is 9.18 Å². The summed E-state index contributed by atoms with van der Waals surface area (Å²) < 4.78 is 13.8. The van der Waals surface area contributed by atoms with Crippen molar-refractivity contribution in [2.75, 3.05) is 7.05 Å². The van der Waals surface area contributed by atoms with Crippen LogP contribution in [0.1, 0.15) is 10.4 Å². The Balaban J connectivity index is 3.04. The molecule has 5 heteroatoms. The molecule has 0 saturated carbocycles. The topological polar surface area (TPSA) is 46.9 Å². The maximum absolute atomic E-state index is 12.8. The van der Waals surface area contributed by atoms with E-state index in [4.69, 9.17) is 0 Å². The fraction of sp³-hybridized carbons (Fsp3) is 0.333. The molecule has 0 aliphatic heterocycles. The Morgan fingerprint density at radius 2 is 2.45 bits per heavy atom. The molecule has 1 rings (SSSR count). The average Bonchev–Trinajstić information content (AvgIpc) is 2.32. The number of carbonyl (C=O) groups excluding carboxylic acids is 1. The summed E-state index contributed by atoms with van der Waals surface area (Å²) in [6, 6.07) is 0. The number of nitrogens with zero attached hydrogens (tertiary/aromatic N) is 2. The number of hydrogen-bond donors (Lipinski definition) is 1. The second kappa shape index (κ2) is 2.69. The summed E-state index contributed by atoms with van der Waals surface area (Å²) in [5.41, 5.74) is -0.0324. The summed E-state index contributed by atoms with van der Waals surface area (Å²) in [6.07, 6.45) is 1.19. The van der Waals surface area contributed by atoms with E-state index >= 15 is 0 Å². The smallest absolute Gasteiger partial charge is 0.257 e. The molecule has 0 saturated heterocycles. The number of nitrogens with one attached hydrogen (secondary N) is 1. The zero-order chi connectivity index (χ0) is 8.43. The Kier molecular flexibility index (Phi) is 1.89. The van der Waals surface area contributed by atoms with Gasteiger partial charge in [-0.1, -0.05) is 0 Å². The van der Waals surface area contributed by atoms with Gasteiger partial charge in [-0.3, -0.25) is 4.79 Å². The van der Waals surface area contributed by atoms with Gasteiger partial charge in [0.25, 0.3) is 5.91 Å². The number of hydrogen-bond acceptors (Lipinski definition) is 2. The molecule has 1 aromatic heterocycles. The van der Waals surface area contributed by atoms with Crippen LogP contribution < -0.4 is 5.32 Å². The summed E-state index contributed by atoms with van der Waals surface area (Å²) in [5, 5.41) is 5.87. The molecule has 0 radical (unpaired) electrons. The quantitative estimate of drug-likeness (QED) is 0.619. The number of carbonyl (C=O) groups is 1. The van der Waals surface area contributed by atoms with Crippen molar-refractivity contribution < 1.29 is 9.18 Å². The van der Waals surface area contributed by atoms with Crippen LogP contribution in [-0.2, 0) is 7.05 Å². The van der Waals surface area contributed by atoms with E-state index in [0.29, 0.717) is 0 Å². The van der Waals surface area contributed by atoms with Gasteiger partial charge in [-0.2, -0.15) is 9.49 Å². The van der Waals surface area contributed by atoms with Crippen molar-refractivity contribution >= 4 is 5.91 Å². The number of aryl methyl sites for hydroxylation is 1. The zero-order valence-corrected chi connectivity index (χ0v) is 6.26. The summed E-state index contributed by atoms with van der Waals surface area (Å²) >= 11 is 0. The van der Waals surface area contributed by atoms with Gasteiger partial charge in [0.15, 0.2) is 0 Å². The van der Waals surface area contributed by atoms with Gasteiger partial charge in [-0.15, -0.1) is 0 Å². The third-order valence-electron chi connectivity index (χ3n) is 1.34. The minimum absolute atomic E-state index is 0.0324. The van der Waals surface area contributed by atoms with Gasteiger partial charge < -0.3 is 5.32 Å². The molecule has 0 atom stereocenters. The Morgan fingerprint density at radius 1 is 1.82 bits per heavy atom. The number of halogens is 1. The van der Waals surface area contributed by atoms with E-state index in [1.54, 1.807) is 0 Å². The average molecular weight is 157 g/mol. The predicted molar refractivity (Wildman–Crippen MR) is 36.6 cm³/mol. The fourth-order valence-electron chi connectivity index (χ4n) is 0.710. The van der Waals surface area contributed by atoms with E-state index in [0.717, 1.165) is 4.68 Å². The lowest BCUT2D eigenvalue weighted by Crippen LogP contribution is -2.18. The molecule has 1 amide bonds. The lowest BCUT2D eigenvalue weighted by atomic mass is 10.3. The van der Waals surface area contributed by atoms with Gasteiger partial charge in [-0.25, -0.2) is 4.68 Å². The van der Waals surface area contributed by atoms with Gasteiger partial charge in [-0.05, 0) is 0 Å². The molecule has 0 bridgehead atoms. The highest BCUT2D eigenvalue weighted by atomic mass is 19.1. The predicted octanol–water partition coefficient (Wildman–Crippen LogP) is -0.0812. The molecule has 0 spiro atoms. The molecule has 1 heterocycles. The first-order valence-corrected chi connectivity index (χ1v) is 3.06. The Labute approximate surface area is 63.0 Å². The second-order valence-corrected chi connectivity index (χ2v) is 2.05. The van der Waals surface area contributed by atoms with Gasteiger partial charge in [0.05, 0.1) is 6.20 Å². The van der Waals surface area contributed by atoms with Crippen molar-refractivity contribution in [1.29, 1.82) is 0 Å². The van der Waals surface area contributed by atoms with Gasteiger partial charge in [0.2, 0.25) is 5.95 Å². The van der Waals surface area contributed by atoms with Crippen LogP contribution in [-0.4, -0.2) is 22.7 Å². The summed E-state index contributed by atoms with van der Waals surface area (Å²) in [4.78, 5) is 10.8. The van der Waals surface area contributed by atoms with Crippen LogP contribution in [0.2, 0.25) is 0 Å². The third-order valence-corrected chi connectivity index (χ3v) is 1.34. The summed E-state index contributed by atoms with van der Waals surface area (Å²) in [5.74, 6) is -1.08. The molecule has 1 N–H and O–H groups in total. The Bertz CT molecular complexity index is 281. The first kappa shape index (κ1) is 7.71. The highest BCUT2D eigenvalue weighted by molar-refractivity contribution is 5.93. The Hall–Kier alpha value is -1.39. The minimum atomic E-state index is -0.621. The number of rotatable bonds is 1. The Morgan fingerprint density at radius 3 is 2.82 bits per heavy atom. The van der Waals surface area contributed by atoms with Gasteiger partial charge >= 0.3 is 0 Å². The van der Waals surface area contributed by atoms with E-state index in [2.05, 4.69) is 10.4 Å². The monoisotopic (exact) mass is 157 g/mol. The van der Waals surface area contributed by atoms with Crippen molar-refractivity contribution in [2.45, 2.75) is 0 Å². The lowest BCUT2D eigenvalue weighted by molar-refractivity contribution is 0.0958. The summed E-state index contributed by atoms with van der Waals surface area (Å²) in [7, 11) is 2.87. The van der Waals surface area contributed by atoms with E-state index < -0.39 is 11.9 Å². The van der Waals surface area contributed by atoms with Crippen LogP contribution >= 0.6 is 0 Å². The van der Waals surface area contributed by atoms with Crippen LogP contribution in [0, 0.1) is 5.95 Å². The molecule has 0 aliphatic carbocycles. The van der Waals surface area contributed by atoms with Crippen LogP contribution in [0.3, 0.4) is 0 Å². The minimum Gasteiger partial charge on any atom is -0.355 e. The standard InChI is InChI=1S/C6H8FN3O/c1-8-6(11)4-3-9-10(2)5(4)7/h3H,1-2H3,(H,8,11). The molecule has 0 fully saturated rings. The highest BCUT2D eigenvalue weighted by Crippen LogP contribution is 2.03. The largest absolute Gasteiger partial charge is 0.355 e. The maximum atomic E-state index is 12.8. The van der Waals surface area contributed by atoms with Gasteiger partial charge in [0, 0.05) is 14.1 Å². The van der Waals surface area contributed by atoms with E-state index in [1.807, 2.05) is 0 Å². The zero-order valence-electron chi connectivity index (χ0n) is 6.26. The highest BCUT2D eigenvalue weighted by Gasteiger charge is 2.13. The summed E-state index contributed by atoms with van der Waals surface area (Å²) in [6.45, 7) is 0. The molecule has 1 aromatic rings. The maximum Gasteiger partial charge on any atom is 0.257 e. The third kappa shape index (κ3) is 1.21. The molecule has 4 nitrogen and oxygen atoms in total. The normalized spacial score (nSPS) is 9.73. The van der Waals surface area contributed by atoms with Crippen LogP contribution in [0.5, 0.6) is 0 Å². The van der Waals surface area contributed by atoms with Crippen molar-refractivity contribution in [3.05, 3.63) is 17.7 Å². The van der Waals surface area contributed by atoms with Crippen LogP contribution in [0.25, 0.3) is 0 Å². The molecule has 0 aromatic carbocycles. The van der Waals surface area contributed by atoms with Crippen molar-refractivity contribution in [1.82, 2.24) is 15.1 Å². The van der Waals surface area contributed by atoms with Crippen LogP contribution in [0.15, 0.2) is 6.20 Å². The molecule has 0 unspecified atom stereocenters. The molecular formula is C6H8FN3O. The first-order chi connectivity index (χ1) is 5.16. The first-order valence-electron chi connectivity index (χ1n) is 3.06. The van der Waals surface area contributed by atoms with Crippen LogP contribution in [0.4, 0.5) is 4.39 Å². The van der Waals surface area contributed by atoms with E-state index in [-0.39, 0.29) is 5.56 Å². The van der Waals surface area contributed by atoms with Gasteiger partial charge in [0.1, 0.15) is 5.56 Å². The van der Waals surface area contributed by atoms with Crippen molar-refractivity contribution in [3.63, 3.8) is 0 Å². The number of aromatic nitrogens is 2.